The van der Waals surface area contributed by atoms with Crippen LogP contribution in [0.4, 0.5) is 4.79 Å². The standard InChI is InChI=1S/C17H34N4O2/c1-7-18-15(21-12-8-9-13-21)19-11-10-14(2)20(6)16(22)23-17(3,4)5/h14H,7-13H2,1-6H3,(H,18,19). The molecule has 1 unspecified atom stereocenters. The van der Waals surface area contributed by atoms with Gasteiger partial charge in [0.25, 0.3) is 0 Å². The Kier molecular flexibility index (Phi) is 7.65. The summed E-state index contributed by atoms with van der Waals surface area (Å²) in [4.78, 5) is 20.7. The number of hydrogen-bond acceptors (Lipinski definition) is 3. The maximum Gasteiger partial charge on any atom is 0.410 e. The van der Waals surface area contributed by atoms with Crippen LogP contribution in [0.15, 0.2) is 4.99 Å². The molecule has 6 nitrogen and oxygen atoms in total. The number of rotatable bonds is 5. The zero-order chi connectivity index (χ0) is 17.5. The van der Waals surface area contributed by atoms with E-state index in [1.54, 1.807) is 11.9 Å². The van der Waals surface area contributed by atoms with Gasteiger partial charge in [-0.1, -0.05) is 0 Å². The minimum Gasteiger partial charge on any atom is -0.444 e. The molecule has 1 aliphatic rings. The van der Waals surface area contributed by atoms with E-state index in [1.807, 2.05) is 27.7 Å². The average molecular weight is 326 g/mol. The first-order valence-corrected chi connectivity index (χ1v) is 8.73. The van der Waals surface area contributed by atoms with Gasteiger partial charge in [0.1, 0.15) is 5.60 Å². The topological polar surface area (TPSA) is 57.2 Å². The van der Waals surface area contributed by atoms with Crippen LogP contribution < -0.4 is 5.32 Å². The summed E-state index contributed by atoms with van der Waals surface area (Å²) in [5.41, 5.74) is -0.461. The third-order valence-electron chi connectivity index (χ3n) is 3.89. The average Bonchev–Trinajstić information content (AvgIpc) is 2.97. The molecular formula is C17H34N4O2. The Morgan fingerprint density at radius 2 is 1.96 bits per heavy atom. The highest BCUT2D eigenvalue weighted by atomic mass is 16.6. The lowest BCUT2D eigenvalue weighted by atomic mass is 10.2. The zero-order valence-electron chi connectivity index (χ0n) is 15.7. The molecule has 0 bridgehead atoms. The molecule has 0 aromatic carbocycles. The summed E-state index contributed by atoms with van der Waals surface area (Å²) in [6, 6.07) is 0.0926. The van der Waals surface area contributed by atoms with Gasteiger partial charge < -0.3 is 19.9 Å². The van der Waals surface area contributed by atoms with Crippen LogP contribution in [0.2, 0.25) is 0 Å². The highest BCUT2D eigenvalue weighted by molar-refractivity contribution is 5.80. The van der Waals surface area contributed by atoms with E-state index < -0.39 is 5.60 Å². The molecule has 1 fully saturated rings. The number of guanidine groups is 1. The third-order valence-corrected chi connectivity index (χ3v) is 3.89. The van der Waals surface area contributed by atoms with Crippen molar-refractivity contribution in [2.75, 3.05) is 33.2 Å². The Labute approximate surface area is 141 Å². The van der Waals surface area contributed by atoms with Crippen LogP contribution in [0.1, 0.15) is 53.9 Å². The van der Waals surface area contributed by atoms with E-state index in [0.29, 0.717) is 6.54 Å². The van der Waals surface area contributed by atoms with E-state index in [1.165, 1.54) is 12.8 Å². The molecule has 1 saturated heterocycles. The maximum absolute atomic E-state index is 12.1. The van der Waals surface area contributed by atoms with Gasteiger partial charge in [-0.2, -0.15) is 0 Å². The predicted octanol–water partition coefficient (Wildman–Crippen LogP) is 2.69. The molecule has 1 heterocycles. The molecule has 1 rings (SSSR count). The summed E-state index contributed by atoms with van der Waals surface area (Å²) < 4.78 is 5.40. The SMILES string of the molecule is CCNC(=NCCC(C)N(C)C(=O)OC(C)(C)C)N1CCCC1. The van der Waals surface area contributed by atoms with Crippen molar-refractivity contribution >= 4 is 12.1 Å². The lowest BCUT2D eigenvalue weighted by Gasteiger charge is -2.28. The number of carbonyl (C=O) groups excluding carboxylic acids is 1. The van der Waals surface area contributed by atoms with E-state index in [9.17, 15) is 4.79 Å². The van der Waals surface area contributed by atoms with Crippen molar-refractivity contribution in [3.63, 3.8) is 0 Å². The second-order valence-corrected chi connectivity index (χ2v) is 7.16. The summed E-state index contributed by atoms with van der Waals surface area (Å²) in [6.07, 6.45) is 3.02. The Morgan fingerprint density at radius 1 is 1.35 bits per heavy atom. The van der Waals surface area contributed by atoms with E-state index in [-0.39, 0.29) is 12.1 Å². The first kappa shape index (κ1) is 19.6. The summed E-state index contributed by atoms with van der Waals surface area (Å²) in [7, 11) is 1.79. The van der Waals surface area contributed by atoms with Gasteiger partial charge in [-0.3, -0.25) is 4.99 Å². The molecule has 0 aromatic rings. The van der Waals surface area contributed by atoms with Crippen LogP contribution in [0.5, 0.6) is 0 Å². The normalized spacial score (nSPS) is 17.1. The van der Waals surface area contributed by atoms with Gasteiger partial charge >= 0.3 is 6.09 Å². The fourth-order valence-corrected chi connectivity index (χ4v) is 2.42. The number of carbonyl (C=O) groups is 1. The lowest BCUT2D eigenvalue weighted by molar-refractivity contribution is 0.0231. The van der Waals surface area contributed by atoms with Gasteiger partial charge in [-0.05, 0) is 53.9 Å². The predicted molar refractivity (Wildman–Crippen MR) is 94.9 cm³/mol. The number of nitrogens with one attached hydrogen (secondary N) is 1. The molecule has 0 aliphatic carbocycles. The molecule has 0 aromatic heterocycles. The summed E-state index contributed by atoms with van der Waals surface area (Å²) in [5.74, 6) is 0.997. The molecule has 1 N–H and O–H groups in total. The van der Waals surface area contributed by atoms with Crippen molar-refractivity contribution in [1.29, 1.82) is 0 Å². The van der Waals surface area contributed by atoms with Crippen LogP contribution in [0.3, 0.4) is 0 Å². The number of likely N-dealkylation sites (tertiary alicyclic amines) is 1. The van der Waals surface area contributed by atoms with Crippen LogP contribution >= 0.6 is 0 Å². The number of aliphatic imine (C=N–C) groups is 1. The van der Waals surface area contributed by atoms with Crippen LogP contribution in [0, 0.1) is 0 Å². The fraction of sp³-hybridized carbons (Fsp3) is 0.882. The minimum absolute atomic E-state index is 0.0926. The Hall–Kier alpha value is -1.46. The molecule has 23 heavy (non-hydrogen) atoms. The fourth-order valence-electron chi connectivity index (χ4n) is 2.42. The third kappa shape index (κ3) is 7.10. The minimum atomic E-state index is -0.461. The zero-order valence-corrected chi connectivity index (χ0v) is 15.7. The highest BCUT2D eigenvalue weighted by Crippen LogP contribution is 2.12. The molecule has 6 heteroatoms. The molecule has 134 valence electrons. The number of ether oxygens (including phenoxy) is 1. The number of hydrogen-bond donors (Lipinski definition) is 1. The summed E-state index contributed by atoms with van der Waals surface area (Å²) >= 11 is 0. The summed E-state index contributed by atoms with van der Waals surface area (Å²) in [5, 5.41) is 3.35. The van der Waals surface area contributed by atoms with Crippen molar-refractivity contribution in [1.82, 2.24) is 15.1 Å². The van der Waals surface area contributed by atoms with Crippen molar-refractivity contribution in [2.45, 2.75) is 65.5 Å². The second kappa shape index (κ2) is 8.99. The van der Waals surface area contributed by atoms with Gasteiger partial charge in [0, 0.05) is 39.3 Å². The Bertz CT molecular complexity index is 398. The van der Waals surface area contributed by atoms with Crippen molar-refractivity contribution < 1.29 is 9.53 Å². The van der Waals surface area contributed by atoms with Gasteiger partial charge in [0.2, 0.25) is 0 Å². The number of nitrogens with zero attached hydrogens (tertiary/aromatic N) is 3. The summed E-state index contributed by atoms with van der Waals surface area (Å²) in [6.45, 7) is 13.5. The van der Waals surface area contributed by atoms with Crippen LogP contribution in [0.25, 0.3) is 0 Å². The highest BCUT2D eigenvalue weighted by Gasteiger charge is 2.23. The van der Waals surface area contributed by atoms with Gasteiger partial charge in [-0.15, -0.1) is 0 Å². The quantitative estimate of drug-likeness (QED) is 0.623. The molecule has 0 saturated carbocycles. The largest absolute Gasteiger partial charge is 0.444 e. The Balaban J connectivity index is 2.47. The monoisotopic (exact) mass is 326 g/mol. The molecule has 0 radical (unpaired) electrons. The first-order chi connectivity index (χ1) is 10.7. The molecular weight excluding hydrogens is 292 g/mol. The smallest absolute Gasteiger partial charge is 0.410 e. The molecule has 1 amide bonds. The number of amides is 1. The lowest BCUT2D eigenvalue weighted by Crippen LogP contribution is -2.41. The van der Waals surface area contributed by atoms with E-state index in [4.69, 9.17) is 9.73 Å². The molecule has 1 aliphatic heterocycles. The van der Waals surface area contributed by atoms with E-state index >= 15 is 0 Å². The van der Waals surface area contributed by atoms with Crippen molar-refractivity contribution in [2.24, 2.45) is 4.99 Å². The molecule has 1 atom stereocenters. The van der Waals surface area contributed by atoms with Crippen molar-refractivity contribution in [3.8, 4) is 0 Å². The Morgan fingerprint density at radius 3 is 2.48 bits per heavy atom. The second-order valence-electron chi connectivity index (χ2n) is 7.16. The van der Waals surface area contributed by atoms with Crippen LogP contribution in [-0.4, -0.2) is 66.7 Å². The van der Waals surface area contributed by atoms with E-state index in [0.717, 1.165) is 32.0 Å². The first-order valence-electron chi connectivity index (χ1n) is 8.73. The molecule has 0 spiro atoms. The van der Waals surface area contributed by atoms with Crippen LogP contribution in [-0.2, 0) is 4.74 Å². The van der Waals surface area contributed by atoms with Gasteiger partial charge in [0.15, 0.2) is 5.96 Å². The van der Waals surface area contributed by atoms with Crippen molar-refractivity contribution in [3.05, 3.63) is 0 Å². The van der Waals surface area contributed by atoms with Gasteiger partial charge in [-0.25, -0.2) is 4.79 Å². The maximum atomic E-state index is 12.1. The van der Waals surface area contributed by atoms with Gasteiger partial charge in [0.05, 0.1) is 0 Å². The van der Waals surface area contributed by atoms with E-state index in [2.05, 4.69) is 17.1 Å².